The Kier molecular flexibility index (Phi) is 4.89. The van der Waals surface area contributed by atoms with Gasteiger partial charge in [0.2, 0.25) is 5.91 Å². The number of nitrogens with two attached hydrogens (primary N) is 1. The number of likely N-dealkylation sites (tertiary alicyclic amines) is 1. The molecule has 5 heteroatoms. The third kappa shape index (κ3) is 3.84. The number of hydrogen-bond donors (Lipinski definition) is 2. The zero-order chi connectivity index (χ0) is 18.9. The minimum atomic E-state index is 0.0375. The molecule has 0 spiro atoms. The summed E-state index contributed by atoms with van der Waals surface area (Å²) in [6.45, 7) is 6.13. The summed E-state index contributed by atoms with van der Waals surface area (Å²) in [7, 11) is 0. The first-order valence-corrected chi connectivity index (χ1v) is 9.74. The van der Waals surface area contributed by atoms with Gasteiger partial charge < -0.3 is 16.0 Å². The van der Waals surface area contributed by atoms with E-state index in [1.54, 1.807) is 0 Å². The van der Waals surface area contributed by atoms with E-state index in [2.05, 4.69) is 58.4 Å². The number of hydrogen-bond acceptors (Lipinski definition) is 4. The lowest BCUT2D eigenvalue weighted by molar-refractivity contribution is -0.117. The van der Waals surface area contributed by atoms with Crippen LogP contribution in [0.5, 0.6) is 0 Å². The molecule has 2 aliphatic heterocycles. The fraction of sp³-hybridized carbons (Fsp3) is 0.409. The highest BCUT2D eigenvalue weighted by atomic mass is 16.2. The highest BCUT2D eigenvalue weighted by Gasteiger charge is 2.33. The van der Waals surface area contributed by atoms with E-state index in [1.807, 2.05) is 12.1 Å². The van der Waals surface area contributed by atoms with Gasteiger partial charge in [0.05, 0.1) is 6.54 Å². The maximum Gasteiger partial charge on any atom is 0.238 e. The van der Waals surface area contributed by atoms with Crippen LogP contribution in [0.2, 0.25) is 0 Å². The molecule has 2 aliphatic rings. The van der Waals surface area contributed by atoms with Crippen molar-refractivity contribution in [1.82, 2.24) is 4.90 Å². The zero-order valence-electron chi connectivity index (χ0n) is 15.9. The first-order valence-electron chi connectivity index (χ1n) is 9.74. The third-order valence-corrected chi connectivity index (χ3v) is 5.85. The van der Waals surface area contributed by atoms with Crippen LogP contribution < -0.4 is 16.0 Å². The normalized spacial score (nSPS) is 22.1. The lowest BCUT2D eigenvalue weighted by Crippen LogP contribution is -2.35. The molecule has 1 fully saturated rings. The molecule has 1 atom stereocenters. The average molecular weight is 364 g/mol. The van der Waals surface area contributed by atoms with E-state index in [0.29, 0.717) is 13.1 Å². The van der Waals surface area contributed by atoms with Crippen molar-refractivity contribution in [3.05, 3.63) is 54.1 Å². The van der Waals surface area contributed by atoms with Crippen molar-refractivity contribution >= 4 is 23.0 Å². The Bertz CT molecular complexity index is 819. The lowest BCUT2D eigenvalue weighted by atomic mass is 9.90. The molecule has 0 aromatic heterocycles. The molecule has 0 aliphatic carbocycles. The molecule has 1 amide bonds. The Morgan fingerprint density at radius 3 is 2.67 bits per heavy atom. The highest BCUT2D eigenvalue weighted by Crippen LogP contribution is 2.34. The quantitative estimate of drug-likeness (QED) is 0.856. The van der Waals surface area contributed by atoms with Crippen LogP contribution in [0, 0.1) is 5.41 Å². The van der Waals surface area contributed by atoms with Crippen LogP contribution in [0.1, 0.15) is 18.9 Å². The van der Waals surface area contributed by atoms with Gasteiger partial charge in [-0.3, -0.25) is 9.69 Å². The minimum Gasteiger partial charge on any atom is -0.341 e. The molecule has 0 saturated carbocycles. The molecule has 142 valence electrons. The van der Waals surface area contributed by atoms with E-state index in [4.69, 9.17) is 5.73 Å². The number of rotatable bonds is 5. The van der Waals surface area contributed by atoms with Crippen molar-refractivity contribution in [3.63, 3.8) is 0 Å². The lowest BCUT2D eigenvalue weighted by Gasteiger charge is -2.22. The minimum absolute atomic E-state index is 0.0375. The molecule has 1 saturated heterocycles. The Labute approximate surface area is 161 Å². The Balaban J connectivity index is 1.35. The van der Waals surface area contributed by atoms with E-state index in [1.165, 1.54) is 11.3 Å². The fourth-order valence-electron chi connectivity index (χ4n) is 4.16. The Morgan fingerprint density at radius 2 is 1.93 bits per heavy atom. The van der Waals surface area contributed by atoms with E-state index in [9.17, 15) is 4.79 Å². The van der Waals surface area contributed by atoms with Crippen molar-refractivity contribution in [3.8, 4) is 0 Å². The molecule has 4 rings (SSSR count). The van der Waals surface area contributed by atoms with Crippen LogP contribution in [-0.4, -0.2) is 43.5 Å². The first kappa shape index (κ1) is 18.0. The number of carbonyl (C=O) groups excluding carboxylic acids is 1. The molecule has 5 nitrogen and oxygen atoms in total. The molecule has 2 aromatic rings. The topological polar surface area (TPSA) is 61.6 Å². The summed E-state index contributed by atoms with van der Waals surface area (Å²) in [5.74, 6) is 0.0375. The number of anilines is 3. The maximum atomic E-state index is 12.4. The number of amides is 1. The van der Waals surface area contributed by atoms with Gasteiger partial charge in [0.1, 0.15) is 0 Å². The predicted octanol–water partition coefficient (Wildman–Crippen LogP) is 2.99. The summed E-state index contributed by atoms with van der Waals surface area (Å²) in [5.41, 5.74) is 10.7. The van der Waals surface area contributed by atoms with E-state index < -0.39 is 0 Å². The second-order valence-corrected chi connectivity index (χ2v) is 8.10. The van der Waals surface area contributed by atoms with Crippen molar-refractivity contribution < 1.29 is 4.79 Å². The zero-order valence-corrected chi connectivity index (χ0v) is 15.9. The molecule has 0 bridgehead atoms. The van der Waals surface area contributed by atoms with Gasteiger partial charge in [0.15, 0.2) is 0 Å². The summed E-state index contributed by atoms with van der Waals surface area (Å²) >= 11 is 0. The molecule has 2 heterocycles. The van der Waals surface area contributed by atoms with Crippen LogP contribution in [0.25, 0.3) is 0 Å². The number of nitrogens with one attached hydrogen (secondary N) is 1. The largest absolute Gasteiger partial charge is 0.341 e. The Hall–Kier alpha value is -2.37. The van der Waals surface area contributed by atoms with Gasteiger partial charge in [0.25, 0.3) is 0 Å². The van der Waals surface area contributed by atoms with Gasteiger partial charge in [0, 0.05) is 30.2 Å². The smallest absolute Gasteiger partial charge is 0.238 e. The van der Waals surface area contributed by atoms with Gasteiger partial charge in [-0.15, -0.1) is 0 Å². The van der Waals surface area contributed by atoms with E-state index in [-0.39, 0.29) is 11.3 Å². The van der Waals surface area contributed by atoms with Crippen LogP contribution in [0.15, 0.2) is 48.5 Å². The predicted molar refractivity (Wildman–Crippen MR) is 110 cm³/mol. The molecule has 1 unspecified atom stereocenters. The number of carbonyl (C=O) groups is 1. The molecular weight excluding hydrogens is 336 g/mol. The number of nitrogens with zero attached hydrogens (tertiary/aromatic N) is 2. The van der Waals surface area contributed by atoms with Gasteiger partial charge in [-0.05, 0) is 67.2 Å². The van der Waals surface area contributed by atoms with Gasteiger partial charge in [-0.25, -0.2) is 0 Å². The van der Waals surface area contributed by atoms with Crippen molar-refractivity contribution in [2.24, 2.45) is 11.1 Å². The first-order chi connectivity index (χ1) is 13.1. The van der Waals surface area contributed by atoms with Crippen LogP contribution in [0.4, 0.5) is 17.1 Å². The van der Waals surface area contributed by atoms with Crippen LogP contribution in [-0.2, 0) is 11.2 Å². The molecule has 0 radical (unpaired) electrons. The van der Waals surface area contributed by atoms with Gasteiger partial charge >= 0.3 is 0 Å². The van der Waals surface area contributed by atoms with Crippen molar-refractivity contribution in [2.45, 2.75) is 19.8 Å². The van der Waals surface area contributed by atoms with E-state index in [0.717, 1.165) is 43.9 Å². The number of benzene rings is 2. The second kappa shape index (κ2) is 7.33. The summed E-state index contributed by atoms with van der Waals surface area (Å²) in [5, 5.41) is 3.02. The monoisotopic (exact) mass is 364 g/mol. The molecule has 3 N–H and O–H groups in total. The molecular formula is C22H28N4O. The van der Waals surface area contributed by atoms with Crippen LogP contribution in [0.3, 0.4) is 0 Å². The summed E-state index contributed by atoms with van der Waals surface area (Å²) < 4.78 is 0. The standard InChI is InChI=1S/C22H28N4O/c1-22(15-23)11-13-25(16-22)14-21(27)24-18-6-8-19(9-7-18)26-12-10-17-4-2-3-5-20(17)26/h2-9H,10-16,23H2,1H3,(H,24,27). The van der Waals surface area contributed by atoms with Crippen molar-refractivity contribution in [2.75, 3.05) is 42.9 Å². The second-order valence-electron chi connectivity index (χ2n) is 8.10. The summed E-state index contributed by atoms with van der Waals surface area (Å²) in [6.07, 6.45) is 2.13. The van der Waals surface area contributed by atoms with Gasteiger partial charge in [-0.2, -0.15) is 0 Å². The molecule has 27 heavy (non-hydrogen) atoms. The third-order valence-electron chi connectivity index (χ3n) is 5.85. The van der Waals surface area contributed by atoms with Crippen LogP contribution >= 0.6 is 0 Å². The molecule has 2 aromatic carbocycles. The maximum absolute atomic E-state index is 12.4. The van der Waals surface area contributed by atoms with Crippen molar-refractivity contribution in [1.29, 1.82) is 0 Å². The number of fused-ring (bicyclic) bond motifs is 1. The fourth-order valence-corrected chi connectivity index (χ4v) is 4.16. The number of para-hydroxylation sites is 1. The van der Waals surface area contributed by atoms with Gasteiger partial charge in [-0.1, -0.05) is 25.1 Å². The van der Waals surface area contributed by atoms with E-state index >= 15 is 0 Å². The summed E-state index contributed by atoms with van der Waals surface area (Å²) in [4.78, 5) is 16.9. The SMILES string of the molecule is CC1(CN)CCN(CC(=O)Nc2ccc(N3CCc4ccccc43)cc2)C1. The Morgan fingerprint density at radius 1 is 1.15 bits per heavy atom. The highest BCUT2D eigenvalue weighted by molar-refractivity contribution is 5.92. The average Bonchev–Trinajstić information content (AvgIpc) is 3.27. The summed E-state index contributed by atoms with van der Waals surface area (Å²) in [6, 6.07) is 16.7.